The number of nitrogens with one attached hydrogen (secondary N) is 1. The fraction of sp³-hybridized carbons (Fsp3) is 0.261. The van der Waals surface area contributed by atoms with Crippen molar-refractivity contribution in [3.63, 3.8) is 0 Å². The number of hydrogen-bond donors (Lipinski definition) is 1. The summed E-state index contributed by atoms with van der Waals surface area (Å²) in [6, 6.07) is 10.1. The average molecular weight is 407 g/mol. The summed E-state index contributed by atoms with van der Waals surface area (Å²) in [6.45, 7) is 0.557. The molecule has 1 aliphatic carbocycles. The Morgan fingerprint density at radius 1 is 1.27 bits per heavy atom. The lowest BCUT2D eigenvalue weighted by atomic mass is 9.98. The number of carbonyl (C=O) groups is 1. The van der Waals surface area contributed by atoms with Crippen LogP contribution in [0.4, 0.5) is 10.1 Å². The van der Waals surface area contributed by atoms with Gasteiger partial charge in [0.2, 0.25) is 11.3 Å². The molecule has 2 aromatic heterocycles. The van der Waals surface area contributed by atoms with Crippen LogP contribution in [0, 0.1) is 11.7 Å². The maximum Gasteiger partial charge on any atom is 0.227 e. The Balaban J connectivity index is 1.67. The molecule has 1 aliphatic rings. The smallest absolute Gasteiger partial charge is 0.227 e. The van der Waals surface area contributed by atoms with Gasteiger partial charge in [0.05, 0.1) is 25.2 Å². The Kier molecular flexibility index (Phi) is 5.61. The number of ether oxygens (including phenoxy) is 1. The minimum absolute atomic E-state index is 0.0190. The van der Waals surface area contributed by atoms with E-state index in [1.165, 1.54) is 25.4 Å². The highest BCUT2D eigenvalue weighted by molar-refractivity contribution is 5.95. The summed E-state index contributed by atoms with van der Waals surface area (Å²) in [5.74, 6) is -0.0359. The minimum Gasteiger partial charge on any atom is -0.491 e. The van der Waals surface area contributed by atoms with Crippen molar-refractivity contribution in [2.24, 2.45) is 5.92 Å². The fourth-order valence-corrected chi connectivity index (χ4v) is 3.36. The lowest BCUT2D eigenvalue weighted by Gasteiger charge is -2.17. The SMILES string of the molecule is COc1cn(CCc2c(NC(=O)C3CC3)cccc2-c2ccc(F)cn2)ccc1=O. The van der Waals surface area contributed by atoms with Crippen LogP contribution in [0.3, 0.4) is 0 Å². The second kappa shape index (κ2) is 8.49. The molecule has 0 unspecified atom stereocenters. The van der Waals surface area contributed by atoms with Gasteiger partial charge in [-0.25, -0.2) is 4.39 Å². The van der Waals surface area contributed by atoms with Gasteiger partial charge < -0.3 is 14.6 Å². The zero-order valence-corrected chi connectivity index (χ0v) is 16.6. The second-order valence-corrected chi connectivity index (χ2v) is 7.32. The Hall–Kier alpha value is -3.48. The molecule has 1 fully saturated rings. The number of methoxy groups -OCH3 is 1. The Bertz CT molecular complexity index is 1120. The molecule has 4 rings (SSSR count). The van der Waals surface area contributed by atoms with Gasteiger partial charge in [-0.2, -0.15) is 0 Å². The highest BCUT2D eigenvalue weighted by Gasteiger charge is 2.30. The minimum atomic E-state index is -0.404. The van der Waals surface area contributed by atoms with Crippen molar-refractivity contribution >= 4 is 11.6 Å². The van der Waals surface area contributed by atoms with Crippen molar-refractivity contribution in [1.29, 1.82) is 0 Å². The molecule has 1 aromatic carbocycles. The first-order valence-corrected chi connectivity index (χ1v) is 9.84. The maximum atomic E-state index is 13.4. The molecule has 1 amide bonds. The summed E-state index contributed by atoms with van der Waals surface area (Å²) in [4.78, 5) is 28.4. The lowest BCUT2D eigenvalue weighted by molar-refractivity contribution is -0.117. The predicted octanol–water partition coefficient (Wildman–Crippen LogP) is 3.65. The highest BCUT2D eigenvalue weighted by Crippen LogP contribution is 2.33. The molecular formula is C23H22FN3O3. The third-order valence-electron chi connectivity index (χ3n) is 5.17. The Morgan fingerprint density at radius 3 is 2.80 bits per heavy atom. The van der Waals surface area contributed by atoms with Crippen LogP contribution in [0.15, 0.2) is 59.8 Å². The van der Waals surface area contributed by atoms with Gasteiger partial charge in [-0.3, -0.25) is 14.6 Å². The van der Waals surface area contributed by atoms with Crippen molar-refractivity contribution in [2.45, 2.75) is 25.8 Å². The van der Waals surface area contributed by atoms with E-state index in [1.54, 1.807) is 18.5 Å². The topological polar surface area (TPSA) is 73.2 Å². The molecular weight excluding hydrogens is 385 g/mol. The first-order valence-electron chi connectivity index (χ1n) is 9.84. The fourth-order valence-electron chi connectivity index (χ4n) is 3.36. The van der Waals surface area contributed by atoms with Gasteiger partial charge in [-0.15, -0.1) is 0 Å². The number of aryl methyl sites for hydroxylation is 1. The maximum absolute atomic E-state index is 13.4. The van der Waals surface area contributed by atoms with E-state index in [2.05, 4.69) is 10.3 Å². The quantitative estimate of drug-likeness (QED) is 0.649. The van der Waals surface area contributed by atoms with Gasteiger partial charge in [-0.05, 0) is 43.0 Å². The standard InChI is InChI=1S/C23H22FN3O3/c1-30-22-14-27(12-10-21(22)28)11-9-18-17(19-8-7-16(24)13-25-19)3-2-4-20(18)26-23(29)15-5-6-15/h2-4,7-8,10,12-15H,5-6,9,11H2,1H3,(H,26,29). The molecule has 3 aromatic rings. The molecule has 2 heterocycles. The molecule has 7 heteroatoms. The summed E-state index contributed by atoms with van der Waals surface area (Å²) in [5, 5.41) is 3.04. The highest BCUT2D eigenvalue weighted by atomic mass is 19.1. The summed E-state index contributed by atoms with van der Waals surface area (Å²) < 4.78 is 20.3. The number of anilines is 1. The Morgan fingerprint density at radius 2 is 2.10 bits per heavy atom. The zero-order valence-electron chi connectivity index (χ0n) is 16.6. The molecule has 30 heavy (non-hydrogen) atoms. The number of rotatable bonds is 7. The van der Waals surface area contributed by atoms with Crippen LogP contribution < -0.4 is 15.5 Å². The summed E-state index contributed by atoms with van der Waals surface area (Å²) in [5.41, 5.74) is 2.91. The zero-order chi connectivity index (χ0) is 21.1. The molecule has 0 bridgehead atoms. The summed E-state index contributed by atoms with van der Waals surface area (Å²) in [6.07, 6.45) is 6.94. The summed E-state index contributed by atoms with van der Waals surface area (Å²) in [7, 11) is 1.46. The summed E-state index contributed by atoms with van der Waals surface area (Å²) >= 11 is 0. The van der Waals surface area contributed by atoms with E-state index in [-0.39, 0.29) is 23.0 Å². The van der Waals surface area contributed by atoms with E-state index in [0.29, 0.717) is 18.7 Å². The van der Waals surface area contributed by atoms with Gasteiger partial charge in [-0.1, -0.05) is 12.1 Å². The number of nitrogens with zero attached hydrogens (tertiary/aromatic N) is 2. The number of hydrogen-bond acceptors (Lipinski definition) is 4. The largest absolute Gasteiger partial charge is 0.491 e. The molecule has 0 atom stereocenters. The van der Waals surface area contributed by atoms with Crippen molar-refractivity contribution in [2.75, 3.05) is 12.4 Å². The Labute approximate surface area is 173 Å². The van der Waals surface area contributed by atoms with Crippen molar-refractivity contribution in [3.8, 4) is 17.0 Å². The monoisotopic (exact) mass is 407 g/mol. The number of benzene rings is 1. The number of aromatic nitrogens is 2. The van der Waals surface area contributed by atoms with Crippen LogP contribution in [0.1, 0.15) is 18.4 Å². The molecule has 0 aliphatic heterocycles. The van der Waals surface area contributed by atoms with Crippen LogP contribution >= 0.6 is 0 Å². The predicted molar refractivity (Wildman–Crippen MR) is 112 cm³/mol. The van der Waals surface area contributed by atoms with Crippen LogP contribution in [0.25, 0.3) is 11.3 Å². The van der Waals surface area contributed by atoms with Crippen molar-refractivity contribution in [3.05, 3.63) is 76.6 Å². The van der Waals surface area contributed by atoms with Gasteiger partial charge in [0.1, 0.15) is 5.82 Å². The van der Waals surface area contributed by atoms with E-state index < -0.39 is 5.82 Å². The number of amides is 1. The van der Waals surface area contributed by atoms with E-state index in [0.717, 1.165) is 29.7 Å². The third-order valence-corrected chi connectivity index (χ3v) is 5.17. The van der Waals surface area contributed by atoms with Crippen molar-refractivity contribution in [1.82, 2.24) is 9.55 Å². The lowest BCUT2D eigenvalue weighted by Crippen LogP contribution is -2.16. The first kappa shape index (κ1) is 19.8. The number of pyridine rings is 2. The van der Waals surface area contributed by atoms with Gasteiger partial charge in [0.25, 0.3) is 0 Å². The number of halogens is 1. The second-order valence-electron chi connectivity index (χ2n) is 7.32. The van der Waals surface area contributed by atoms with Crippen LogP contribution in [-0.4, -0.2) is 22.6 Å². The van der Waals surface area contributed by atoms with E-state index in [4.69, 9.17) is 4.74 Å². The van der Waals surface area contributed by atoms with E-state index >= 15 is 0 Å². The molecule has 0 spiro atoms. The van der Waals surface area contributed by atoms with Gasteiger partial charge in [0, 0.05) is 36.0 Å². The van der Waals surface area contributed by atoms with Crippen LogP contribution in [0.5, 0.6) is 5.75 Å². The van der Waals surface area contributed by atoms with Gasteiger partial charge >= 0.3 is 0 Å². The molecule has 0 saturated heterocycles. The third kappa shape index (κ3) is 4.40. The van der Waals surface area contributed by atoms with Crippen LogP contribution in [-0.2, 0) is 17.8 Å². The van der Waals surface area contributed by atoms with Gasteiger partial charge in [0.15, 0.2) is 5.75 Å². The average Bonchev–Trinajstić information content (AvgIpc) is 3.60. The van der Waals surface area contributed by atoms with Crippen LogP contribution in [0.2, 0.25) is 0 Å². The molecule has 6 nitrogen and oxygen atoms in total. The first-order chi connectivity index (χ1) is 14.5. The molecule has 1 N–H and O–H groups in total. The molecule has 0 radical (unpaired) electrons. The molecule has 1 saturated carbocycles. The normalized spacial score (nSPS) is 13.1. The van der Waals surface area contributed by atoms with Crippen molar-refractivity contribution < 1.29 is 13.9 Å². The number of carbonyl (C=O) groups excluding carboxylic acids is 1. The molecule has 154 valence electrons. The van der Waals surface area contributed by atoms with E-state index in [9.17, 15) is 14.0 Å². The van der Waals surface area contributed by atoms with E-state index in [1.807, 2.05) is 22.8 Å².